The predicted molar refractivity (Wildman–Crippen MR) is 75.3 cm³/mol. The summed E-state index contributed by atoms with van der Waals surface area (Å²) in [6, 6.07) is -0.355. The number of amides is 2. The zero-order chi connectivity index (χ0) is 14.5. The molecule has 0 spiro atoms. The standard InChI is InChI=1S/C14H25N3O3/c1-3-5-12-14(19)17(10-13(18)15-12)9-11-8-16(4-2)6-7-20-11/h11-12H,3-10H2,1-2H3,(H,15,18). The van der Waals surface area contributed by atoms with Crippen molar-refractivity contribution in [1.82, 2.24) is 15.1 Å². The molecule has 0 aliphatic carbocycles. The number of nitrogens with zero attached hydrogens (tertiary/aromatic N) is 2. The van der Waals surface area contributed by atoms with Gasteiger partial charge in [0.15, 0.2) is 0 Å². The molecule has 2 heterocycles. The summed E-state index contributed by atoms with van der Waals surface area (Å²) in [7, 11) is 0. The van der Waals surface area contributed by atoms with E-state index in [0.29, 0.717) is 19.6 Å². The number of ether oxygens (including phenoxy) is 1. The van der Waals surface area contributed by atoms with E-state index in [2.05, 4.69) is 17.1 Å². The lowest BCUT2D eigenvalue weighted by molar-refractivity contribution is -0.147. The van der Waals surface area contributed by atoms with Crippen LogP contribution < -0.4 is 5.32 Å². The molecule has 2 aliphatic rings. The van der Waals surface area contributed by atoms with Gasteiger partial charge in [0.1, 0.15) is 6.04 Å². The Morgan fingerprint density at radius 1 is 1.35 bits per heavy atom. The number of carbonyl (C=O) groups is 2. The van der Waals surface area contributed by atoms with E-state index in [4.69, 9.17) is 4.74 Å². The van der Waals surface area contributed by atoms with Gasteiger partial charge in [-0.25, -0.2) is 0 Å². The van der Waals surface area contributed by atoms with Crippen LogP contribution in [0.15, 0.2) is 0 Å². The van der Waals surface area contributed by atoms with Crippen molar-refractivity contribution in [3.8, 4) is 0 Å². The fraction of sp³-hybridized carbons (Fsp3) is 0.857. The van der Waals surface area contributed by atoms with Crippen LogP contribution in [-0.4, -0.2) is 73.1 Å². The number of hydrogen-bond donors (Lipinski definition) is 1. The van der Waals surface area contributed by atoms with Gasteiger partial charge in [-0.15, -0.1) is 0 Å². The Balaban J connectivity index is 1.93. The van der Waals surface area contributed by atoms with Crippen LogP contribution in [0.1, 0.15) is 26.7 Å². The van der Waals surface area contributed by atoms with Crippen LogP contribution >= 0.6 is 0 Å². The average Bonchev–Trinajstić information content (AvgIpc) is 2.44. The summed E-state index contributed by atoms with van der Waals surface area (Å²) in [5.74, 6) is -0.0325. The molecule has 2 amide bonds. The van der Waals surface area contributed by atoms with Crippen molar-refractivity contribution < 1.29 is 14.3 Å². The molecule has 2 saturated heterocycles. The molecule has 0 saturated carbocycles. The summed E-state index contributed by atoms with van der Waals surface area (Å²) < 4.78 is 5.72. The van der Waals surface area contributed by atoms with Crippen LogP contribution in [0.2, 0.25) is 0 Å². The fourth-order valence-corrected chi connectivity index (χ4v) is 2.84. The zero-order valence-electron chi connectivity index (χ0n) is 12.4. The molecule has 0 aromatic rings. The third-order valence-electron chi connectivity index (χ3n) is 3.95. The molecule has 0 aromatic heterocycles. The molecule has 0 radical (unpaired) electrons. The van der Waals surface area contributed by atoms with E-state index in [1.54, 1.807) is 4.90 Å². The van der Waals surface area contributed by atoms with Gasteiger partial charge in [0, 0.05) is 19.6 Å². The molecule has 114 valence electrons. The number of piperazine rings is 1. The number of hydrogen-bond acceptors (Lipinski definition) is 4. The zero-order valence-corrected chi connectivity index (χ0v) is 12.4. The van der Waals surface area contributed by atoms with Crippen LogP contribution in [0.4, 0.5) is 0 Å². The van der Waals surface area contributed by atoms with Crippen molar-refractivity contribution in [3.05, 3.63) is 0 Å². The molecule has 6 nitrogen and oxygen atoms in total. The van der Waals surface area contributed by atoms with E-state index < -0.39 is 0 Å². The smallest absolute Gasteiger partial charge is 0.245 e. The molecular weight excluding hydrogens is 258 g/mol. The Kier molecular flexibility index (Phi) is 5.37. The van der Waals surface area contributed by atoms with Gasteiger partial charge in [0.2, 0.25) is 11.8 Å². The maximum Gasteiger partial charge on any atom is 0.245 e. The summed E-state index contributed by atoms with van der Waals surface area (Å²) in [4.78, 5) is 28.0. The highest BCUT2D eigenvalue weighted by Crippen LogP contribution is 2.12. The maximum atomic E-state index is 12.3. The van der Waals surface area contributed by atoms with Crippen LogP contribution in [0.25, 0.3) is 0 Å². The van der Waals surface area contributed by atoms with E-state index in [9.17, 15) is 9.59 Å². The van der Waals surface area contributed by atoms with Gasteiger partial charge in [-0.05, 0) is 13.0 Å². The van der Waals surface area contributed by atoms with E-state index in [1.807, 2.05) is 6.92 Å². The Bertz CT molecular complexity index is 362. The predicted octanol–water partition coefficient (Wildman–Crippen LogP) is -0.166. The third-order valence-corrected chi connectivity index (χ3v) is 3.95. The van der Waals surface area contributed by atoms with Crippen molar-refractivity contribution >= 4 is 11.8 Å². The van der Waals surface area contributed by atoms with Crippen molar-refractivity contribution in [2.45, 2.75) is 38.8 Å². The molecule has 0 bridgehead atoms. The summed E-state index contributed by atoms with van der Waals surface area (Å²) >= 11 is 0. The monoisotopic (exact) mass is 283 g/mol. The number of rotatable bonds is 5. The van der Waals surface area contributed by atoms with Crippen LogP contribution in [-0.2, 0) is 14.3 Å². The molecule has 2 atom stereocenters. The number of morpholine rings is 1. The summed E-state index contributed by atoms with van der Waals surface area (Å²) in [5, 5.41) is 2.77. The minimum atomic E-state index is -0.355. The van der Waals surface area contributed by atoms with Crippen LogP contribution in [0.5, 0.6) is 0 Å². The van der Waals surface area contributed by atoms with Crippen molar-refractivity contribution in [2.24, 2.45) is 0 Å². The first-order chi connectivity index (χ1) is 9.63. The fourth-order valence-electron chi connectivity index (χ4n) is 2.84. The molecular formula is C14H25N3O3. The van der Waals surface area contributed by atoms with Gasteiger partial charge in [-0.2, -0.15) is 0 Å². The number of nitrogens with one attached hydrogen (secondary N) is 1. The van der Waals surface area contributed by atoms with Gasteiger partial charge >= 0.3 is 0 Å². The second kappa shape index (κ2) is 7.04. The van der Waals surface area contributed by atoms with Gasteiger partial charge in [-0.3, -0.25) is 14.5 Å². The quantitative estimate of drug-likeness (QED) is 0.761. The first kappa shape index (κ1) is 15.3. The summed E-state index contributed by atoms with van der Waals surface area (Å²) in [6.07, 6.45) is 1.60. The van der Waals surface area contributed by atoms with Crippen LogP contribution in [0, 0.1) is 0 Å². The molecule has 20 heavy (non-hydrogen) atoms. The van der Waals surface area contributed by atoms with E-state index in [0.717, 1.165) is 26.1 Å². The van der Waals surface area contributed by atoms with Gasteiger partial charge < -0.3 is 15.0 Å². The molecule has 2 unspecified atom stereocenters. The van der Waals surface area contributed by atoms with Crippen molar-refractivity contribution in [1.29, 1.82) is 0 Å². The van der Waals surface area contributed by atoms with E-state index in [1.165, 1.54) is 0 Å². The third kappa shape index (κ3) is 3.70. The second-order valence-electron chi connectivity index (χ2n) is 5.51. The average molecular weight is 283 g/mol. The Hall–Kier alpha value is -1.14. The topological polar surface area (TPSA) is 61.9 Å². The molecule has 2 rings (SSSR count). The lowest BCUT2D eigenvalue weighted by Gasteiger charge is -2.38. The first-order valence-electron chi connectivity index (χ1n) is 7.56. The summed E-state index contributed by atoms with van der Waals surface area (Å²) in [6.45, 7) is 8.28. The van der Waals surface area contributed by atoms with Crippen LogP contribution in [0.3, 0.4) is 0 Å². The number of likely N-dealkylation sites (N-methyl/N-ethyl adjacent to an activating group) is 1. The SMILES string of the molecule is CCCC1NC(=O)CN(CC2CN(CC)CCO2)C1=O. The molecule has 6 heteroatoms. The second-order valence-corrected chi connectivity index (χ2v) is 5.51. The van der Waals surface area contributed by atoms with E-state index >= 15 is 0 Å². The van der Waals surface area contributed by atoms with Gasteiger partial charge in [-0.1, -0.05) is 20.3 Å². The Morgan fingerprint density at radius 2 is 2.15 bits per heavy atom. The minimum absolute atomic E-state index is 0.0147. The highest BCUT2D eigenvalue weighted by molar-refractivity contribution is 5.94. The maximum absolute atomic E-state index is 12.3. The minimum Gasteiger partial charge on any atom is -0.374 e. The largest absolute Gasteiger partial charge is 0.374 e. The molecule has 0 aromatic carbocycles. The number of carbonyl (C=O) groups excluding carboxylic acids is 2. The highest BCUT2D eigenvalue weighted by atomic mass is 16.5. The lowest BCUT2D eigenvalue weighted by atomic mass is 10.1. The first-order valence-corrected chi connectivity index (χ1v) is 7.56. The van der Waals surface area contributed by atoms with Gasteiger partial charge in [0.25, 0.3) is 0 Å². The normalized spacial score (nSPS) is 28.6. The lowest BCUT2D eigenvalue weighted by Crippen LogP contribution is -2.60. The van der Waals surface area contributed by atoms with E-state index in [-0.39, 0.29) is 30.5 Å². The molecule has 2 aliphatic heterocycles. The molecule has 1 N–H and O–H groups in total. The van der Waals surface area contributed by atoms with Crippen molar-refractivity contribution in [3.63, 3.8) is 0 Å². The summed E-state index contributed by atoms with van der Waals surface area (Å²) in [5.41, 5.74) is 0. The molecule has 2 fully saturated rings. The van der Waals surface area contributed by atoms with Crippen molar-refractivity contribution in [2.75, 3.05) is 39.3 Å². The highest BCUT2D eigenvalue weighted by Gasteiger charge is 2.34. The Labute approximate surface area is 120 Å². The Morgan fingerprint density at radius 3 is 2.85 bits per heavy atom. The van der Waals surface area contributed by atoms with Gasteiger partial charge in [0.05, 0.1) is 19.3 Å².